The third-order valence-electron chi connectivity index (χ3n) is 2.99. The standard InChI is InChI=1S/C16H17N3O4/c1-2-3-8-23-14-7-5-4-6-11(14)19-15(20)12-9-18-13(10-17-12)16(21)22/h4-7,9-10H,2-3,8H2,1H3,(H,19,20)(H,21,22). The van der Waals surface area contributed by atoms with Crippen LogP contribution in [-0.2, 0) is 0 Å². The van der Waals surface area contributed by atoms with Crippen LogP contribution in [0.25, 0.3) is 0 Å². The second kappa shape index (κ2) is 7.88. The molecule has 2 aromatic rings. The summed E-state index contributed by atoms with van der Waals surface area (Å²) in [5.74, 6) is -1.11. The van der Waals surface area contributed by atoms with E-state index in [0.29, 0.717) is 18.0 Å². The molecule has 0 aliphatic rings. The van der Waals surface area contributed by atoms with Crippen molar-refractivity contribution in [3.05, 3.63) is 48.0 Å². The van der Waals surface area contributed by atoms with E-state index in [2.05, 4.69) is 22.2 Å². The number of carbonyl (C=O) groups excluding carboxylic acids is 1. The Bertz CT molecular complexity index is 686. The highest BCUT2D eigenvalue weighted by Crippen LogP contribution is 2.24. The number of carboxylic acid groups (broad SMARTS) is 1. The van der Waals surface area contributed by atoms with Crippen molar-refractivity contribution < 1.29 is 19.4 Å². The molecule has 0 saturated carbocycles. The summed E-state index contributed by atoms with van der Waals surface area (Å²) in [7, 11) is 0. The number of aromatic nitrogens is 2. The smallest absolute Gasteiger partial charge is 0.356 e. The van der Waals surface area contributed by atoms with Crippen molar-refractivity contribution >= 4 is 17.6 Å². The number of nitrogens with zero attached hydrogens (tertiary/aromatic N) is 2. The largest absolute Gasteiger partial charge is 0.491 e. The van der Waals surface area contributed by atoms with E-state index in [9.17, 15) is 9.59 Å². The van der Waals surface area contributed by atoms with Gasteiger partial charge in [-0.15, -0.1) is 0 Å². The molecule has 0 aliphatic carbocycles. The zero-order valence-corrected chi connectivity index (χ0v) is 12.7. The number of hydrogen-bond donors (Lipinski definition) is 2. The van der Waals surface area contributed by atoms with Gasteiger partial charge in [-0.05, 0) is 18.6 Å². The van der Waals surface area contributed by atoms with Crippen LogP contribution < -0.4 is 10.1 Å². The van der Waals surface area contributed by atoms with Gasteiger partial charge in [0, 0.05) is 0 Å². The zero-order valence-electron chi connectivity index (χ0n) is 12.7. The molecule has 23 heavy (non-hydrogen) atoms. The van der Waals surface area contributed by atoms with Crippen LogP contribution in [0.1, 0.15) is 40.7 Å². The number of aromatic carboxylic acids is 1. The first kappa shape index (κ1) is 16.4. The number of carboxylic acids is 1. The van der Waals surface area contributed by atoms with Crippen LogP contribution in [0.2, 0.25) is 0 Å². The van der Waals surface area contributed by atoms with Gasteiger partial charge in [-0.3, -0.25) is 4.79 Å². The lowest BCUT2D eigenvalue weighted by Crippen LogP contribution is -2.16. The molecule has 0 unspecified atom stereocenters. The molecule has 2 rings (SSSR count). The molecule has 1 heterocycles. The molecule has 0 fully saturated rings. The maximum atomic E-state index is 12.2. The Morgan fingerprint density at radius 3 is 2.52 bits per heavy atom. The molecule has 7 nitrogen and oxygen atoms in total. The Kier molecular flexibility index (Phi) is 5.62. The van der Waals surface area contributed by atoms with Crippen LogP contribution in [-0.4, -0.2) is 33.6 Å². The number of nitrogens with one attached hydrogen (secondary N) is 1. The quantitative estimate of drug-likeness (QED) is 0.762. The van der Waals surface area contributed by atoms with Crippen molar-refractivity contribution in [2.45, 2.75) is 19.8 Å². The number of hydrogen-bond acceptors (Lipinski definition) is 5. The maximum Gasteiger partial charge on any atom is 0.356 e. The number of amides is 1. The first-order valence-corrected chi connectivity index (χ1v) is 7.20. The molecule has 0 atom stereocenters. The van der Waals surface area contributed by atoms with E-state index < -0.39 is 11.9 Å². The van der Waals surface area contributed by atoms with Crippen molar-refractivity contribution in [2.24, 2.45) is 0 Å². The first-order chi connectivity index (χ1) is 11.1. The van der Waals surface area contributed by atoms with Gasteiger partial charge in [-0.2, -0.15) is 0 Å². The van der Waals surface area contributed by atoms with Gasteiger partial charge in [0.15, 0.2) is 5.69 Å². The average Bonchev–Trinajstić information content (AvgIpc) is 2.56. The summed E-state index contributed by atoms with van der Waals surface area (Å²) >= 11 is 0. The van der Waals surface area contributed by atoms with Crippen molar-refractivity contribution in [1.82, 2.24) is 9.97 Å². The Morgan fingerprint density at radius 2 is 1.87 bits per heavy atom. The molecule has 0 aliphatic heterocycles. The van der Waals surface area contributed by atoms with Gasteiger partial charge in [0.25, 0.3) is 5.91 Å². The number of anilines is 1. The van der Waals surface area contributed by atoms with E-state index in [1.807, 2.05) is 6.07 Å². The minimum atomic E-state index is -1.20. The number of unbranched alkanes of at least 4 members (excludes halogenated alkanes) is 1. The van der Waals surface area contributed by atoms with Gasteiger partial charge in [0.1, 0.15) is 11.4 Å². The summed E-state index contributed by atoms with van der Waals surface area (Å²) in [5, 5.41) is 11.5. The van der Waals surface area contributed by atoms with Crippen molar-refractivity contribution in [3.63, 3.8) is 0 Å². The SMILES string of the molecule is CCCCOc1ccccc1NC(=O)c1cnc(C(=O)O)cn1. The van der Waals surface area contributed by atoms with Crippen LogP contribution in [0.3, 0.4) is 0 Å². The van der Waals surface area contributed by atoms with Crippen molar-refractivity contribution in [3.8, 4) is 5.75 Å². The normalized spacial score (nSPS) is 10.1. The zero-order chi connectivity index (χ0) is 16.7. The lowest BCUT2D eigenvalue weighted by atomic mass is 10.2. The molecule has 1 aromatic carbocycles. The fourth-order valence-corrected chi connectivity index (χ4v) is 1.76. The van der Waals surface area contributed by atoms with Crippen molar-refractivity contribution in [2.75, 3.05) is 11.9 Å². The lowest BCUT2D eigenvalue weighted by Gasteiger charge is -2.11. The van der Waals surface area contributed by atoms with Gasteiger partial charge in [-0.1, -0.05) is 25.5 Å². The molecular weight excluding hydrogens is 298 g/mol. The highest BCUT2D eigenvalue weighted by Gasteiger charge is 2.13. The number of para-hydroxylation sites is 2. The number of benzene rings is 1. The van der Waals surface area contributed by atoms with E-state index >= 15 is 0 Å². The van der Waals surface area contributed by atoms with E-state index in [-0.39, 0.29) is 11.4 Å². The Hall–Kier alpha value is -2.96. The number of rotatable bonds is 7. The third-order valence-corrected chi connectivity index (χ3v) is 2.99. The molecule has 2 N–H and O–H groups in total. The molecular formula is C16H17N3O4. The van der Waals surface area contributed by atoms with Crippen LogP contribution in [0.4, 0.5) is 5.69 Å². The molecule has 0 saturated heterocycles. The van der Waals surface area contributed by atoms with Gasteiger partial charge >= 0.3 is 5.97 Å². The summed E-state index contributed by atoms with van der Waals surface area (Å²) in [5.41, 5.74) is 0.334. The average molecular weight is 315 g/mol. The number of carbonyl (C=O) groups is 2. The monoisotopic (exact) mass is 315 g/mol. The summed E-state index contributed by atoms with van der Waals surface area (Å²) in [6.07, 6.45) is 4.10. The molecule has 0 bridgehead atoms. The molecule has 0 spiro atoms. The summed E-state index contributed by atoms with van der Waals surface area (Å²) in [6, 6.07) is 7.09. The van der Waals surface area contributed by atoms with Gasteiger partial charge < -0.3 is 15.2 Å². The van der Waals surface area contributed by atoms with Gasteiger partial charge in [-0.25, -0.2) is 14.8 Å². The Balaban J connectivity index is 2.09. The topological polar surface area (TPSA) is 101 Å². The maximum absolute atomic E-state index is 12.2. The molecule has 0 radical (unpaired) electrons. The first-order valence-electron chi connectivity index (χ1n) is 7.20. The van der Waals surface area contributed by atoms with E-state index in [1.54, 1.807) is 18.2 Å². The molecule has 1 amide bonds. The molecule has 1 aromatic heterocycles. The number of ether oxygens (including phenoxy) is 1. The van der Waals surface area contributed by atoms with Crippen molar-refractivity contribution in [1.29, 1.82) is 0 Å². The predicted octanol–water partition coefficient (Wildman–Crippen LogP) is 2.61. The predicted molar refractivity (Wildman–Crippen MR) is 83.8 cm³/mol. The molecule has 120 valence electrons. The fraction of sp³-hybridized carbons (Fsp3) is 0.250. The van der Waals surface area contributed by atoms with Gasteiger partial charge in [0.2, 0.25) is 0 Å². The highest BCUT2D eigenvalue weighted by atomic mass is 16.5. The summed E-state index contributed by atoms with van der Waals surface area (Å²) < 4.78 is 5.64. The van der Waals surface area contributed by atoms with Crippen LogP contribution in [0.15, 0.2) is 36.7 Å². The minimum absolute atomic E-state index is 0.0263. The molecule has 7 heteroatoms. The fourth-order valence-electron chi connectivity index (χ4n) is 1.76. The summed E-state index contributed by atoms with van der Waals surface area (Å²) in [4.78, 5) is 30.4. The lowest BCUT2D eigenvalue weighted by molar-refractivity contribution is 0.0689. The second-order valence-electron chi connectivity index (χ2n) is 4.74. The summed E-state index contributed by atoms with van der Waals surface area (Å²) in [6.45, 7) is 2.63. The van der Waals surface area contributed by atoms with Crippen LogP contribution in [0.5, 0.6) is 5.75 Å². The minimum Gasteiger partial charge on any atom is -0.491 e. The van der Waals surface area contributed by atoms with E-state index in [1.165, 1.54) is 0 Å². The Labute approximate surface area is 133 Å². The van der Waals surface area contributed by atoms with Crippen LogP contribution >= 0.6 is 0 Å². The van der Waals surface area contributed by atoms with Gasteiger partial charge in [0.05, 0.1) is 24.7 Å². The highest BCUT2D eigenvalue weighted by molar-refractivity contribution is 6.03. The third kappa shape index (κ3) is 4.50. The van der Waals surface area contributed by atoms with E-state index in [4.69, 9.17) is 9.84 Å². The second-order valence-corrected chi connectivity index (χ2v) is 4.74. The van der Waals surface area contributed by atoms with E-state index in [0.717, 1.165) is 25.2 Å². The Morgan fingerprint density at radius 1 is 1.17 bits per heavy atom. The van der Waals surface area contributed by atoms with Crippen LogP contribution in [0, 0.1) is 0 Å².